The van der Waals surface area contributed by atoms with Crippen LogP contribution in [0.15, 0.2) is 23.7 Å². The molecule has 0 aliphatic rings. The highest BCUT2D eigenvalue weighted by Gasteiger charge is 2.09. The Hall–Kier alpha value is -1.66. The fraction of sp³-hybridized carbons (Fsp3) is 0.385. The van der Waals surface area contributed by atoms with E-state index in [0.29, 0.717) is 18.2 Å². The van der Waals surface area contributed by atoms with E-state index in [9.17, 15) is 4.79 Å². The normalized spacial score (nSPS) is 12.3. The quantitative estimate of drug-likeness (QED) is 0.795. The maximum Gasteiger partial charge on any atom is 0.354 e. The Morgan fingerprint density at radius 3 is 3.11 bits per heavy atom. The van der Waals surface area contributed by atoms with Crippen LogP contribution in [0, 0.1) is 0 Å². The van der Waals surface area contributed by atoms with Gasteiger partial charge in [-0.1, -0.05) is 6.92 Å². The van der Waals surface area contributed by atoms with Crippen molar-refractivity contribution in [2.45, 2.75) is 19.4 Å². The molecule has 0 aliphatic heterocycles. The van der Waals surface area contributed by atoms with Gasteiger partial charge in [-0.3, -0.25) is 0 Å². The van der Waals surface area contributed by atoms with Gasteiger partial charge in [-0.05, 0) is 12.1 Å². The van der Waals surface area contributed by atoms with Crippen LogP contribution in [0.2, 0.25) is 0 Å². The molecule has 0 fully saturated rings. The zero-order chi connectivity index (χ0) is 13.7. The molecule has 0 aliphatic carbocycles. The Balaban J connectivity index is 1.79. The smallest absolute Gasteiger partial charge is 0.354 e. The number of carbonyl (C=O) groups is 1. The van der Waals surface area contributed by atoms with Crippen molar-refractivity contribution in [3.05, 3.63) is 40.1 Å². The molecule has 5 nitrogen and oxygen atoms in total. The molecule has 19 heavy (non-hydrogen) atoms. The molecule has 2 aromatic rings. The first-order chi connectivity index (χ1) is 9.20. The molecule has 0 radical (unpaired) electrons. The maximum absolute atomic E-state index is 11.3. The van der Waals surface area contributed by atoms with E-state index in [1.807, 2.05) is 17.6 Å². The maximum atomic E-state index is 11.3. The van der Waals surface area contributed by atoms with Gasteiger partial charge in [-0.2, -0.15) is 0 Å². The number of hydrogen-bond acceptors (Lipinski definition) is 5. The van der Waals surface area contributed by atoms with Gasteiger partial charge < -0.3 is 15.0 Å². The van der Waals surface area contributed by atoms with E-state index in [4.69, 9.17) is 0 Å². The van der Waals surface area contributed by atoms with E-state index in [2.05, 4.69) is 26.9 Å². The van der Waals surface area contributed by atoms with E-state index in [1.165, 1.54) is 7.11 Å². The predicted octanol–water partition coefficient (Wildman–Crippen LogP) is 2.15. The van der Waals surface area contributed by atoms with Gasteiger partial charge in [0.25, 0.3) is 0 Å². The van der Waals surface area contributed by atoms with Crippen LogP contribution < -0.4 is 5.32 Å². The van der Waals surface area contributed by atoms with Crippen LogP contribution in [-0.2, 0) is 11.3 Å². The van der Waals surface area contributed by atoms with E-state index in [0.717, 1.165) is 17.2 Å². The van der Waals surface area contributed by atoms with Crippen molar-refractivity contribution < 1.29 is 9.53 Å². The van der Waals surface area contributed by atoms with Crippen molar-refractivity contribution in [3.63, 3.8) is 0 Å². The zero-order valence-corrected chi connectivity index (χ0v) is 11.8. The minimum absolute atomic E-state index is 0.345. The third-order valence-corrected chi connectivity index (χ3v) is 3.80. The first kappa shape index (κ1) is 13.8. The monoisotopic (exact) mass is 279 g/mol. The number of rotatable bonds is 6. The van der Waals surface area contributed by atoms with Gasteiger partial charge in [0, 0.05) is 36.3 Å². The molecule has 2 N–H and O–H groups in total. The summed E-state index contributed by atoms with van der Waals surface area (Å²) in [6.45, 7) is 3.67. The van der Waals surface area contributed by atoms with Crippen molar-refractivity contribution in [2.75, 3.05) is 13.7 Å². The average Bonchev–Trinajstić information content (AvgIpc) is 3.08. The minimum atomic E-state index is -0.345. The largest absolute Gasteiger partial charge is 0.464 e. The topological polar surface area (TPSA) is 67.0 Å². The molecule has 0 saturated heterocycles. The number of aromatic amines is 1. The number of nitrogens with one attached hydrogen (secondary N) is 2. The van der Waals surface area contributed by atoms with Crippen LogP contribution in [0.5, 0.6) is 0 Å². The molecular weight excluding hydrogens is 262 g/mol. The second kappa shape index (κ2) is 6.49. The van der Waals surface area contributed by atoms with Crippen molar-refractivity contribution in [2.24, 2.45) is 0 Å². The molecule has 0 saturated carbocycles. The molecule has 0 amide bonds. The van der Waals surface area contributed by atoms with Gasteiger partial charge in [-0.15, -0.1) is 11.3 Å². The molecule has 102 valence electrons. The van der Waals surface area contributed by atoms with Gasteiger partial charge >= 0.3 is 5.97 Å². The number of aromatic nitrogens is 2. The van der Waals surface area contributed by atoms with Crippen molar-refractivity contribution in [1.82, 2.24) is 15.3 Å². The molecule has 0 spiro atoms. The summed E-state index contributed by atoms with van der Waals surface area (Å²) >= 11 is 1.67. The first-order valence-corrected chi connectivity index (χ1v) is 6.95. The zero-order valence-electron chi connectivity index (χ0n) is 11.0. The second-order valence-electron chi connectivity index (χ2n) is 4.29. The summed E-state index contributed by atoms with van der Waals surface area (Å²) in [6, 6.07) is 3.61. The molecule has 2 aromatic heterocycles. The van der Waals surface area contributed by atoms with Gasteiger partial charge in [0.2, 0.25) is 0 Å². The number of carbonyl (C=O) groups excluding carboxylic acids is 1. The molecule has 1 unspecified atom stereocenters. The number of methoxy groups -OCH3 is 1. The average molecular weight is 279 g/mol. The van der Waals surface area contributed by atoms with Crippen LogP contribution in [0.25, 0.3) is 0 Å². The SMILES string of the molecule is COC(=O)c1ccc(CNCC(C)c2nccs2)[nH]1. The third kappa shape index (κ3) is 3.65. The summed E-state index contributed by atoms with van der Waals surface area (Å²) < 4.78 is 4.64. The summed E-state index contributed by atoms with van der Waals surface area (Å²) in [6.07, 6.45) is 1.82. The van der Waals surface area contributed by atoms with Gasteiger partial charge in [0.05, 0.1) is 12.1 Å². The Bertz CT molecular complexity index is 522. The van der Waals surface area contributed by atoms with Crippen LogP contribution in [0.1, 0.15) is 34.0 Å². The van der Waals surface area contributed by atoms with E-state index in [1.54, 1.807) is 17.4 Å². The van der Waals surface area contributed by atoms with Gasteiger partial charge in [0.15, 0.2) is 0 Å². The molecule has 1 atom stereocenters. The lowest BCUT2D eigenvalue weighted by molar-refractivity contribution is 0.0594. The van der Waals surface area contributed by atoms with Gasteiger partial charge in [0.1, 0.15) is 5.69 Å². The summed E-state index contributed by atoms with van der Waals surface area (Å²) in [5.74, 6) is 0.0393. The summed E-state index contributed by atoms with van der Waals surface area (Å²) in [5.41, 5.74) is 1.44. The lowest BCUT2D eigenvalue weighted by atomic mass is 10.2. The Labute approximate surface area is 116 Å². The second-order valence-corrected chi connectivity index (χ2v) is 5.22. The summed E-state index contributed by atoms with van der Waals surface area (Å²) in [7, 11) is 1.37. The van der Waals surface area contributed by atoms with Crippen molar-refractivity contribution >= 4 is 17.3 Å². The summed E-state index contributed by atoms with van der Waals surface area (Å²) in [5, 5.41) is 6.46. The fourth-order valence-electron chi connectivity index (χ4n) is 1.76. The van der Waals surface area contributed by atoms with E-state index < -0.39 is 0 Å². The number of nitrogens with zero attached hydrogens (tertiary/aromatic N) is 1. The highest BCUT2D eigenvalue weighted by atomic mass is 32.1. The predicted molar refractivity (Wildman–Crippen MR) is 74.4 cm³/mol. The highest BCUT2D eigenvalue weighted by Crippen LogP contribution is 2.16. The number of esters is 1. The van der Waals surface area contributed by atoms with Crippen LogP contribution in [-0.4, -0.2) is 29.6 Å². The number of H-pyrrole nitrogens is 1. The number of hydrogen-bond donors (Lipinski definition) is 2. The van der Waals surface area contributed by atoms with E-state index >= 15 is 0 Å². The third-order valence-electron chi connectivity index (χ3n) is 2.79. The summed E-state index contributed by atoms with van der Waals surface area (Å²) in [4.78, 5) is 18.6. The molecule has 6 heteroatoms. The minimum Gasteiger partial charge on any atom is -0.464 e. The van der Waals surface area contributed by atoms with Crippen molar-refractivity contribution in [3.8, 4) is 0 Å². The fourth-order valence-corrected chi connectivity index (χ4v) is 2.46. The molecule has 0 aromatic carbocycles. The molecule has 2 rings (SSSR count). The standard InChI is InChI=1S/C13H17N3O2S/c1-9(12-15-5-6-19-12)7-14-8-10-3-4-11(16-10)13(17)18-2/h3-6,9,14,16H,7-8H2,1-2H3. The number of ether oxygens (including phenoxy) is 1. The highest BCUT2D eigenvalue weighted by molar-refractivity contribution is 7.09. The molecule has 2 heterocycles. The Morgan fingerprint density at radius 2 is 2.42 bits per heavy atom. The lowest BCUT2D eigenvalue weighted by Gasteiger charge is -2.09. The molecule has 0 bridgehead atoms. The number of thiazole rings is 1. The van der Waals surface area contributed by atoms with Crippen LogP contribution in [0.3, 0.4) is 0 Å². The van der Waals surface area contributed by atoms with Crippen LogP contribution in [0.4, 0.5) is 0 Å². The Kier molecular flexibility index (Phi) is 4.70. The van der Waals surface area contributed by atoms with Gasteiger partial charge in [-0.25, -0.2) is 9.78 Å². The lowest BCUT2D eigenvalue weighted by Crippen LogP contribution is -2.19. The Morgan fingerprint density at radius 1 is 1.58 bits per heavy atom. The molecular formula is C13H17N3O2S. The van der Waals surface area contributed by atoms with Crippen LogP contribution >= 0.6 is 11.3 Å². The van der Waals surface area contributed by atoms with E-state index in [-0.39, 0.29) is 5.97 Å². The van der Waals surface area contributed by atoms with Crippen molar-refractivity contribution in [1.29, 1.82) is 0 Å². The first-order valence-electron chi connectivity index (χ1n) is 6.07.